The molecule has 3 aromatic rings. The third-order valence-electron chi connectivity index (χ3n) is 8.92. The van der Waals surface area contributed by atoms with E-state index in [-0.39, 0.29) is 11.3 Å². The molecule has 0 radical (unpaired) electrons. The smallest absolute Gasteiger partial charge is 0.169 e. The lowest BCUT2D eigenvalue weighted by atomic mass is 10.1. The third-order valence-corrected chi connectivity index (χ3v) is 8.92. The molecule has 9 heteroatoms. The molecule has 2 unspecified atom stereocenters. The van der Waals surface area contributed by atoms with Gasteiger partial charge in [0, 0.05) is 61.3 Å². The first kappa shape index (κ1) is 25.1. The highest BCUT2D eigenvalue weighted by Crippen LogP contribution is 2.43. The Morgan fingerprint density at radius 1 is 1.07 bits per heavy atom. The van der Waals surface area contributed by atoms with Crippen LogP contribution in [-0.2, 0) is 4.74 Å². The summed E-state index contributed by atoms with van der Waals surface area (Å²) in [4.78, 5) is 12.0. The van der Waals surface area contributed by atoms with E-state index in [1.165, 1.54) is 18.5 Å². The molecule has 1 spiro atoms. The summed E-state index contributed by atoms with van der Waals surface area (Å²) in [7, 11) is 0. The minimum Gasteiger partial charge on any atom is -0.507 e. The maximum Gasteiger partial charge on any atom is 0.169 e. The molecule has 0 amide bonds. The van der Waals surface area contributed by atoms with Crippen LogP contribution in [0.5, 0.6) is 5.75 Å². The van der Waals surface area contributed by atoms with Crippen molar-refractivity contribution >= 4 is 17.2 Å². The van der Waals surface area contributed by atoms with Gasteiger partial charge in [-0.15, -0.1) is 10.2 Å². The molecule has 4 aliphatic rings. The third kappa shape index (κ3) is 4.72. The summed E-state index contributed by atoms with van der Waals surface area (Å²) < 4.78 is 5.81. The average molecular weight is 538 g/mol. The zero-order valence-electron chi connectivity index (χ0n) is 22.7. The summed E-state index contributed by atoms with van der Waals surface area (Å²) in [6.07, 6.45) is 7.63. The molecule has 7 rings (SSSR count). The van der Waals surface area contributed by atoms with Gasteiger partial charge in [0.25, 0.3) is 0 Å². The lowest BCUT2D eigenvalue weighted by Crippen LogP contribution is -2.54. The number of pyridine rings is 1. The van der Waals surface area contributed by atoms with Crippen LogP contribution in [0.1, 0.15) is 37.8 Å². The van der Waals surface area contributed by atoms with Gasteiger partial charge in [0.05, 0.1) is 24.5 Å². The quantitative estimate of drug-likeness (QED) is 0.485. The second-order valence-electron chi connectivity index (χ2n) is 11.5. The molecule has 2 atom stereocenters. The number of nitrogens with zero attached hydrogens (tertiary/aromatic N) is 6. The van der Waals surface area contributed by atoms with Crippen LogP contribution >= 0.6 is 0 Å². The molecule has 1 aromatic carbocycles. The standard InChI is InChI=1S/C31H35N7O2/c32-30-28(18-27(34-35-30)26-6-1-2-7-29(26)39)36-19-24-8-9-25(20-36)38(24)23-10-13-33-22(17-23)5-3-14-37-15-4-16-40-21-31(37)11-12-31/h1-2,6-7,10,13,17-18,24-25,39H,4,8-9,11-12,14-16,19-21H2,(H2,32,35). The van der Waals surface area contributed by atoms with Crippen LogP contribution < -0.4 is 15.5 Å². The topological polar surface area (TPSA) is 104 Å². The predicted molar refractivity (Wildman–Crippen MR) is 155 cm³/mol. The van der Waals surface area contributed by atoms with Crippen LogP contribution in [0.4, 0.5) is 17.2 Å². The monoisotopic (exact) mass is 537 g/mol. The molecule has 2 aromatic heterocycles. The fraction of sp³-hybridized carbons (Fsp3) is 0.452. The number of phenols is 1. The van der Waals surface area contributed by atoms with Crippen LogP contribution in [-0.4, -0.2) is 82.2 Å². The molecule has 1 aliphatic carbocycles. The number of nitrogen functional groups attached to an aromatic ring is 1. The van der Waals surface area contributed by atoms with Crippen LogP contribution in [0.15, 0.2) is 48.7 Å². The van der Waals surface area contributed by atoms with Crippen molar-refractivity contribution in [3.05, 3.63) is 54.4 Å². The molecule has 4 fully saturated rings. The minimum atomic E-state index is 0.182. The number of anilines is 3. The zero-order chi connectivity index (χ0) is 27.1. The number of fused-ring (bicyclic) bond motifs is 2. The van der Waals surface area contributed by atoms with Gasteiger partial charge >= 0.3 is 0 Å². The van der Waals surface area contributed by atoms with Crippen molar-refractivity contribution in [2.75, 3.05) is 54.9 Å². The maximum atomic E-state index is 10.3. The molecule has 5 heterocycles. The molecule has 3 aliphatic heterocycles. The van der Waals surface area contributed by atoms with Crippen molar-refractivity contribution in [2.45, 2.75) is 49.7 Å². The highest BCUT2D eigenvalue weighted by atomic mass is 16.5. The van der Waals surface area contributed by atoms with Crippen molar-refractivity contribution in [3.8, 4) is 28.8 Å². The van der Waals surface area contributed by atoms with E-state index in [9.17, 15) is 5.11 Å². The SMILES string of the molecule is Nc1nnc(-c2ccccc2O)cc1N1CC2CCC(C1)N2c1ccnc(C#CCN2CCCOCC23CC3)c1. The van der Waals surface area contributed by atoms with Gasteiger partial charge in [0.1, 0.15) is 11.4 Å². The van der Waals surface area contributed by atoms with E-state index in [1.54, 1.807) is 12.1 Å². The molecule has 206 valence electrons. The molecule has 1 saturated carbocycles. The maximum absolute atomic E-state index is 10.3. The van der Waals surface area contributed by atoms with Gasteiger partial charge in [-0.25, -0.2) is 4.98 Å². The van der Waals surface area contributed by atoms with Crippen LogP contribution in [0.3, 0.4) is 0 Å². The van der Waals surface area contributed by atoms with E-state index >= 15 is 0 Å². The van der Waals surface area contributed by atoms with E-state index in [4.69, 9.17) is 10.5 Å². The summed E-state index contributed by atoms with van der Waals surface area (Å²) in [5, 5.41) is 18.8. The normalized spacial score (nSPS) is 23.5. The predicted octanol–water partition coefficient (Wildman–Crippen LogP) is 3.29. The lowest BCUT2D eigenvalue weighted by Gasteiger charge is -2.43. The minimum absolute atomic E-state index is 0.182. The Bertz CT molecular complexity index is 1450. The van der Waals surface area contributed by atoms with Gasteiger partial charge in [-0.1, -0.05) is 18.1 Å². The summed E-state index contributed by atoms with van der Waals surface area (Å²) in [5.74, 6) is 7.35. The Morgan fingerprint density at radius 3 is 2.70 bits per heavy atom. The second-order valence-corrected chi connectivity index (χ2v) is 11.5. The van der Waals surface area contributed by atoms with Gasteiger partial charge in [0.2, 0.25) is 0 Å². The summed E-state index contributed by atoms with van der Waals surface area (Å²) >= 11 is 0. The molecular weight excluding hydrogens is 502 g/mol. The summed E-state index contributed by atoms with van der Waals surface area (Å²) in [6.45, 7) is 5.20. The van der Waals surface area contributed by atoms with Crippen molar-refractivity contribution in [1.82, 2.24) is 20.1 Å². The Balaban J connectivity index is 1.07. The van der Waals surface area contributed by atoms with Crippen molar-refractivity contribution < 1.29 is 9.84 Å². The van der Waals surface area contributed by atoms with Crippen molar-refractivity contribution in [2.24, 2.45) is 0 Å². The number of phenolic OH excluding ortho intramolecular Hbond substituents is 1. The average Bonchev–Trinajstić information content (AvgIpc) is 3.74. The largest absolute Gasteiger partial charge is 0.507 e. The Hall–Kier alpha value is -3.87. The molecule has 3 N–H and O–H groups in total. The Kier molecular flexibility index (Phi) is 6.45. The highest BCUT2D eigenvalue weighted by Gasteiger charge is 2.48. The number of rotatable bonds is 4. The number of aromatic nitrogens is 3. The first-order valence-corrected chi connectivity index (χ1v) is 14.3. The first-order valence-electron chi connectivity index (χ1n) is 14.3. The van der Waals surface area contributed by atoms with Gasteiger partial charge in [0.15, 0.2) is 5.82 Å². The van der Waals surface area contributed by atoms with Crippen LogP contribution in [0, 0.1) is 11.8 Å². The number of ether oxygens (including phenoxy) is 1. The molecule has 40 heavy (non-hydrogen) atoms. The van der Waals surface area contributed by atoms with Crippen molar-refractivity contribution in [3.63, 3.8) is 0 Å². The fourth-order valence-electron chi connectivity index (χ4n) is 6.66. The first-order chi connectivity index (χ1) is 19.6. The molecule has 3 saturated heterocycles. The number of aromatic hydroxyl groups is 1. The Labute approximate surface area is 235 Å². The number of piperazine rings is 1. The van der Waals surface area contributed by atoms with Crippen molar-refractivity contribution in [1.29, 1.82) is 0 Å². The number of hydrogen-bond donors (Lipinski definition) is 2. The number of para-hydroxylation sites is 1. The molecule has 2 bridgehead atoms. The second kappa shape index (κ2) is 10.3. The zero-order valence-corrected chi connectivity index (χ0v) is 22.7. The van der Waals surface area contributed by atoms with E-state index in [1.807, 2.05) is 24.4 Å². The summed E-state index contributed by atoms with van der Waals surface area (Å²) in [6, 6.07) is 14.1. The highest BCUT2D eigenvalue weighted by molar-refractivity contribution is 5.74. The Morgan fingerprint density at radius 2 is 1.90 bits per heavy atom. The van der Waals surface area contributed by atoms with Gasteiger partial charge in [-0.05, 0) is 68.4 Å². The van der Waals surface area contributed by atoms with Crippen LogP contribution in [0.2, 0.25) is 0 Å². The van der Waals surface area contributed by atoms with E-state index in [0.29, 0.717) is 29.2 Å². The van der Waals surface area contributed by atoms with Gasteiger partial charge < -0.3 is 25.4 Å². The number of benzene rings is 1. The summed E-state index contributed by atoms with van der Waals surface area (Å²) in [5.41, 5.74) is 10.7. The van der Waals surface area contributed by atoms with E-state index in [2.05, 4.69) is 53.9 Å². The molecule has 9 nitrogen and oxygen atoms in total. The van der Waals surface area contributed by atoms with Crippen LogP contribution in [0.25, 0.3) is 11.3 Å². The lowest BCUT2D eigenvalue weighted by molar-refractivity contribution is 0.0932. The van der Waals surface area contributed by atoms with E-state index in [0.717, 1.165) is 70.0 Å². The van der Waals surface area contributed by atoms with E-state index < -0.39 is 0 Å². The number of nitrogens with two attached hydrogens (primary N) is 1. The fourth-order valence-corrected chi connectivity index (χ4v) is 6.66. The van der Waals surface area contributed by atoms with Gasteiger partial charge in [-0.3, -0.25) is 4.90 Å². The molecular formula is C31H35N7O2. The van der Waals surface area contributed by atoms with Gasteiger partial charge in [-0.2, -0.15) is 0 Å². The number of hydrogen-bond acceptors (Lipinski definition) is 9.